The first-order chi connectivity index (χ1) is 8.17. The van der Waals surface area contributed by atoms with Crippen molar-refractivity contribution in [3.05, 3.63) is 34.9 Å². The van der Waals surface area contributed by atoms with E-state index in [1.165, 1.54) is 24.8 Å². The predicted octanol–water partition coefficient (Wildman–Crippen LogP) is 4.30. The lowest BCUT2D eigenvalue weighted by atomic mass is 9.93. The maximum atomic E-state index is 6.20. The highest BCUT2D eigenvalue weighted by atomic mass is 35.5. The van der Waals surface area contributed by atoms with Crippen LogP contribution < -0.4 is 5.32 Å². The summed E-state index contributed by atoms with van der Waals surface area (Å²) in [5.74, 6) is 0.778. The fourth-order valence-corrected chi connectivity index (χ4v) is 2.54. The molecule has 0 bridgehead atoms. The predicted molar refractivity (Wildman–Crippen MR) is 76.7 cm³/mol. The van der Waals surface area contributed by atoms with Gasteiger partial charge < -0.3 is 5.32 Å². The van der Waals surface area contributed by atoms with Crippen molar-refractivity contribution in [3.8, 4) is 0 Å². The molecule has 0 saturated heterocycles. The van der Waals surface area contributed by atoms with Gasteiger partial charge in [-0.2, -0.15) is 0 Å². The van der Waals surface area contributed by atoms with Crippen LogP contribution in [0, 0.1) is 5.92 Å². The summed E-state index contributed by atoms with van der Waals surface area (Å²) in [6.45, 7) is 4.58. The van der Waals surface area contributed by atoms with Crippen LogP contribution in [0.1, 0.15) is 38.7 Å². The zero-order chi connectivity index (χ0) is 12.7. The first-order valence-electron chi connectivity index (χ1n) is 6.58. The van der Waals surface area contributed by atoms with Gasteiger partial charge in [0.25, 0.3) is 0 Å². The summed E-state index contributed by atoms with van der Waals surface area (Å²) in [5, 5.41) is 4.29. The molecule has 1 N–H and O–H groups in total. The van der Waals surface area contributed by atoms with Crippen LogP contribution >= 0.6 is 11.6 Å². The first-order valence-corrected chi connectivity index (χ1v) is 6.95. The molecule has 1 rings (SSSR count). The third kappa shape index (κ3) is 5.10. The highest BCUT2D eigenvalue weighted by Crippen LogP contribution is 2.20. The lowest BCUT2D eigenvalue weighted by Crippen LogP contribution is -2.29. The Balaban J connectivity index is 2.55. The van der Waals surface area contributed by atoms with E-state index in [1.807, 2.05) is 19.2 Å². The van der Waals surface area contributed by atoms with Crippen LogP contribution in [0.4, 0.5) is 0 Å². The molecule has 0 aliphatic heterocycles. The zero-order valence-corrected chi connectivity index (χ0v) is 11.9. The second-order valence-electron chi connectivity index (χ2n) is 4.91. The minimum absolute atomic E-state index is 0.524. The van der Waals surface area contributed by atoms with Gasteiger partial charge in [-0.25, -0.2) is 0 Å². The zero-order valence-electron chi connectivity index (χ0n) is 11.2. The topological polar surface area (TPSA) is 12.0 Å². The molecule has 2 unspecified atom stereocenters. The monoisotopic (exact) mass is 253 g/mol. The molecule has 0 fully saturated rings. The van der Waals surface area contributed by atoms with Gasteiger partial charge in [0.1, 0.15) is 0 Å². The van der Waals surface area contributed by atoms with Crippen LogP contribution in [0.2, 0.25) is 5.02 Å². The number of halogens is 1. The van der Waals surface area contributed by atoms with E-state index in [-0.39, 0.29) is 0 Å². The van der Waals surface area contributed by atoms with Crippen molar-refractivity contribution < 1.29 is 0 Å². The van der Waals surface area contributed by atoms with Crippen molar-refractivity contribution in [1.29, 1.82) is 0 Å². The van der Waals surface area contributed by atoms with Gasteiger partial charge in [-0.3, -0.25) is 0 Å². The lowest BCUT2D eigenvalue weighted by Gasteiger charge is -2.21. The summed E-state index contributed by atoms with van der Waals surface area (Å²) in [6.07, 6.45) is 4.81. The van der Waals surface area contributed by atoms with E-state index in [9.17, 15) is 0 Å². The second kappa shape index (κ2) is 7.73. The number of nitrogens with one attached hydrogen (secondary N) is 1. The third-order valence-corrected chi connectivity index (χ3v) is 3.67. The molecule has 1 nitrogen and oxygen atoms in total. The lowest BCUT2D eigenvalue weighted by molar-refractivity contribution is 0.397. The van der Waals surface area contributed by atoms with Gasteiger partial charge in [-0.05, 0) is 37.4 Å². The van der Waals surface area contributed by atoms with E-state index in [1.54, 1.807) is 0 Å². The van der Waals surface area contributed by atoms with Gasteiger partial charge in [-0.1, -0.05) is 56.5 Å². The maximum Gasteiger partial charge on any atom is 0.0438 e. The number of hydrogen-bond donors (Lipinski definition) is 1. The average Bonchev–Trinajstić information content (AvgIpc) is 2.31. The molecule has 2 heteroatoms. The summed E-state index contributed by atoms with van der Waals surface area (Å²) in [7, 11) is 2.04. The van der Waals surface area contributed by atoms with Crippen LogP contribution in [-0.2, 0) is 6.42 Å². The molecule has 0 aliphatic carbocycles. The molecular formula is C15H24ClN. The smallest absolute Gasteiger partial charge is 0.0438 e. The standard InChI is InChI=1S/C15H24ClN/c1-4-7-12(2)10-14(17-3)11-13-8-5-6-9-15(13)16/h5-6,8-9,12,14,17H,4,7,10-11H2,1-3H3. The van der Waals surface area contributed by atoms with Gasteiger partial charge in [-0.15, -0.1) is 0 Å². The number of rotatable bonds is 7. The molecule has 96 valence electrons. The fraction of sp³-hybridized carbons (Fsp3) is 0.600. The highest BCUT2D eigenvalue weighted by molar-refractivity contribution is 6.31. The van der Waals surface area contributed by atoms with Gasteiger partial charge in [0.05, 0.1) is 0 Å². The molecule has 17 heavy (non-hydrogen) atoms. The highest BCUT2D eigenvalue weighted by Gasteiger charge is 2.13. The Morgan fingerprint density at radius 3 is 2.59 bits per heavy atom. The molecule has 1 aromatic rings. The van der Waals surface area contributed by atoms with Crippen molar-refractivity contribution in [2.75, 3.05) is 7.05 Å². The average molecular weight is 254 g/mol. The molecule has 0 aliphatic rings. The van der Waals surface area contributed by atoms with Crippen LogP contribution in [-0.4, -0.2) is 13.1 Å². The molecule has 0 heterocycles. The van der Waals surface area contributed by atoms with Gasteiger partial charge in [0.2, 0.25) is 0 Å². The van der Waals surface area contributed by atoms with E-state index < -0.39 is 0 Å². The Bertz CT molecular complexity index is 324. The molecule has 2 atom stereocenters. The normalized spacial score (nSPS) is 14.6. The third-order valence-electron chi connectivity index (χ3n) is 3.30. The largest absolute Gasteiger partial charge is 0.317 e. The Hall–Kier alpha value is -0.530. The minimum atomic E-state index is 0.524. The van der Waals surface area contributed by atoms with E-state index in [2.05, 4.69) is 31.3 Å². The molecular weight excluding hydrogens is 230 g/mol. The van der Waals surface area contributed by atoms with E-state index in [4.69, 9.17) is 11.6 Å². The minimum Gasteiger partial charge on any atom is -0.317 e. The molecule has 0 amide bonds. The number of hydrogen-bond acceptors (Lipinski definition) is 1. The molecule has 0 radical (unpaired) electrons. The fourth-order valence-electron chi connectivity index (χ4n) is 2.33. The summed E-state index contributed by atoms with van der Waals surface area (Å²) in [5.41, 5.74) is 1.25. The summed E-state index contributed by atoms with van der Waals surface area (Å²) < 4.78 is 0. The summed E-state index contributed by atoms with van der Waals surface area (Å²) in [4.78, 5) is 0. The molecule has 0 spiro atoms. The van der Waals surface area contributed by atoms with Crippen molar-refractivity contribution in [3.63, 3.8) is 0 Å². The van der Waals surface area contributed by atoms with Crippen LogP contribution in [0.3, 0.4) is 0 Å². The van der Waals surface area contributed by atoms with Gasteiger partial charge in [0, 0.05) is 11.1 Å². The maximum absolute atomic E-state index is 6.20. The van der Waals surface area contributed by atoms with E-state index >= 15 is 0 Å². The SMILES string of the molecule is CCCC(C)CC(Cc1ccccc1Cl)NC. The van der Waals surface area contributed by atoms with Gasteiger partial charge >= 0.3 is 0 Å². The van der Waals surface area contributed by atoms with E-state index in [0.29, 0.717) is 6.04 Å². The van der Waals surface area contributed by atoms with Gasteiger partial charge in [0.15, 0.2) is 0 Å². The molecule has 1 aromatic carbocycles. The molecule has 0 aromatic heterocycles. The number of likely N-dealkylation sites (N-methyl/N-ethyl adjacent to an activating group) is 1. The Labute approximate surface area is 111 Å². The molecule has 0 saturated carbocycles. The second-order valence-corrected chi connectivity index (χ2v) is 5.32. The van der Waals surface area contributed by atoms with Crippen molar-refractivity contribution in [1.82, 2.24) is 5.32 Å². The Morgan fingerprint density at radius 2 is 2.00 bits per heavy atom. The quantitative estimate of drug-likeness (QED) is 0.764. The summed E-state index contributed by atoms with van der Waals surface area (Å²) in [6, 6.07) is 8.66. The number of benzene rings is 1. The van der Waals surface area contributed by atoms with E-state index in [0.717, 1.165) is 17.4 Å². The van der Waals surface area contributed by atoms with Crippen LogP contribution in [0.25, 0.3) is 0 Å². The van der Waals surface area contributed by atoms with Crippen LogP contribution in [0.15, 0.2) is 24.3 Å². The Morgan fingerprint density at radius 1 is 1.29 bits per heavy atom. The summed E-state index contributed by atoms with van der Waals surface area (Å²) >= 11 is 6.20. The van der Waals surface area contributed by atoms with Crippen molar-refractivity contribution >= 4 is 11.6 Å². The Kier molecular flexibility index (Phi) is 6.61. The first kappa shape index (κ1) is 14.5. The van der Waals surface area contributed by atoms with Crippen molar-refractivity contribution in [2.24, 2.45) is 5.92 Å². The van der Waals surface area contributed by atoms with Crippen molar-refractivity contribution in [2.45, 2.75) is 45.6 Å². The van der Waals surface area contributed by atoms with Crippen LogP contribution in [0.5, 0.6) is 0 Å².